The Morgan fingerprint density at radius 1 is 1.04 bits per heavy atom. The fourth-order valence-electron chi connectivity index (χ4n) is 2.55. The zero-order valence-electron chi connectivity index (χ0n) is 16.1. The van der Waals surface area contributed by atoms with Crippen molar-refractivity contribution in [1.82, 2.24) is 4.98 Å². The molecule has 0 aliphatic rings. The molecule has 0 saturated carbocycles. The number of ether oxygens (including phenoxy) is 1. The van der Waals surface area contributed by atoms with Crippen LogP contribution >= 0.6 is 11.3 Å². The number of carbonyl (C=O) groups excluding carboxylic acids is 2. The Hall–Kier alpha value is -2.99. The molecule has 0 atom stereocenters. The third kappa shape index (κ3) is 5.04. The summed E-state index contributed by atoms with van der Waals surface area (Å²) in [6.45, 7) is 5.95. The van der Waals surface area contributed by atoms with Gasteiger partial charge in [0.1, 0.15) is 0 Å². The van der Waals surface area contributed by atoms with Crippen LogP contribution in [-0.2, 0) is 14.9 Å². The molecule has 28 heavy (non-hydrogen) atoms. The summed E-state index contributed by atoms with van der Waals surface area (Å²) in [5, 5.41) is 5.00. The lowest BCUT2D eigenvalue weighted by Gasteiger charge is -2.18. The standard InChI is InChI=1S/C22H22N2O3S/c1-22(2,3)17-11-9-16(10-12-17)20(26)27-13-19(25)24-21-23-18(14-28-21)15-7-5-4-6-8-15/h4-12,14H,13H2,1-3H3,(H,23,24,25). The van der Waals surface area contributed by atoms with E-state index in [4.69, 9.17) is 4.74 Å². The Morgan fingerprint density at radius 3 is 2.36 bits per heavy atom. The van der Waals surface area contributed by atoms with Gasteiger partial charge in [0.2, 0.25) is 0 Å². The number of esters is 1. The third-order valence-electron chi connectivity index (χ3n) is 4.14. The van der Waals surface area contributed by atoms with Gasteiger partial charge in [0.25, 0.3) is 5.91 Å². The van der Waals surface area contributed by atoms with Crippen molar-refractivity contribution >= 4 is 28.3 Å². The number of rotatable bonds is 5. The maximum Gasteiger partial charge on any atom is 0.338 e. The molecule has 0 unspecified atom stereocenters. The predicted octanol–water partition coefficient (Wildman–Crippen LogP) is 4.90. The molecule has 0 spiro atoms. The highest BCUT2D eigenvalue weighted by atomic mass is 32.1. The van der Waals surface area contributed by atoms with Gasteiger partial charge in [0.05, 0.1) is 11.3 Å². The molecule has 1 N–H and O–H groups in total. The van der Waals surface area contributed by atoms with Crippen molar-refractivity contribution in [1.29, 1.82) is 0 Å². The molecule has 3 aromatic rings. The molecule has 1 aromatic heterocycles. The van der Waals surface area contributed by atoms with Crippen LogP contribution in [0.25, 0.3) is 11.3 Å². The minimum Gasteiger partial charge on any atom is -0.452 e. The number of thiazole rings is 1. The van der Waals surface area contributed by atoms with Crippen LogP contribution in [0, 0.1) is 0 Å². The zero-order valence-corrected chi connectivity index (χ0v) is 16.9. The number of hydrogen-bond donors (Lipinski definition) is 1. The van der Waals surface area contributed by atoms with Crippen LogP contribution in [0.3, 0.4) is 0 Å². The number of nitrogens with zero attached hydrogens (tertiary/aromatic N) is 1. The molecule has 0 saturated heterocycles. The fraction of sp³-hybridized carbons (Fsp3) is 0.227. The summed E-state index contributed by atoms with van der Waals surface area (Å²) in [5.41, 5.74) is 3.32. The molecule has 0 aliphatic heterocycles. The summed E-state index contributed by atoms with van der Waals surface area (Å²) < 4.78 is 5.10. The van der Waals surface area contributed by atoms with E-state index < -0.39 is 11.9 Å². The molecule has 0 bridgehead atoms. The largest absolute Gasteiger partial charge is 0.452 e. The minimum atomic E-state index is -0.528. The molecule has 2 aromatic carbocycles. The van der Waals surface area contributed by atoms with Crippen molar-refractivity contribution in [3.05, 3.63) is 71.1 Å². The van der Waals surface area contributed by atoms with Crippen LogP contribution in [0.15, 0.2) is 60.0 Å². The van der Waals surface area contributed by atoms with Crippen LogP contribution in [0.5, 0.6) is 0 Å². The van der Waals surface area contributed by atoms with E-state index in [1.807, 2.05) is 47.8 Å². The van der Waals surface area contributed by atoms with Crippen LogP contribution in [0.2, 0.25) is 0 Å². The first kappa shape index (κ1) is 19.8. The smallest absolute Gasteiger partial charge is 0.338 e. The van der Waals surface area contributed by atoms with E-state index in [0.29, 0.717) is 10.7 Å². The molecule has 3 rings (SSSR count). The Balaban J connectivity index is 1.53. The molecule has 1 heterocycles. The Kier molecular flexibility index (Phi) is 5.90. The lowest BCUT2D eigenvalue weighted by atomic mass is 9.87. The normalized spacial score (nSPS) is 11.1. The van der Waals surface area contributed by atoms with Gasteiger partial charge < -0.3 is 4.74 Å². The van der Waals surface area contributed by atoms with E-state index in [0.717, 1.165) is 16.8 Å². The maximum atomic E-state index is 12.1. The average molecular weight is 394 g/mol. The van der Waals surface area contributed by atoms with E-state index in [1.165, 1.54) is 11.3 Å². The van der Waals surface area contributed by atoms with Gasteiger partial charge in [-0.2, -0.15) is 0 Å². The second kappa shape index (κ2) is 8.35. The summed E-state index contributed by atoms with van der Waals surface area (Å²) in [5.74, 6) is -0.951. The van der Waals surface area contributed by atoms with Gasteiger partial charge in [0, 0.05) is 10.9 Å². The number of carbonyl (C=O) groups is 2. The highest BCUT2D eigenvalue weighted by Crippen LogP contribution is 2.24. The van der Waals surface area contributed by atoms with Gasteiger partial charge in [-0.05, 0) is 23.1 Å². The van der Waals surface area contributed by atoms with Gasteiger partial charge in [-0.1, -0.05) is 63.2 Å². The number of nitrogens with one attached hydrogen (secondary N) is 1. The maximum absolute atomic E-state index is 12.1. The SMILES string of the molecule is CC(C)(C)c1ccc(C(=O)OCC(=O)Nc2nc(-c3ccccc3)cs2)cc1. The van der Waals surface area contributed by atoms with Crippen molar-refractivity contribution in [3.63, 3.8) is 0 Å². The summed E-state index contributed by atoms with van der Waals surface area (Å²) in [4.78, 5) is 28.6. The first-order chi connectivity index (χ1) is 13.3. The minimum absolute atomic E-state index is 0.00856. The summed E-state index contributed by atoms with van der Waals surface area (Å²) in [6.07, 6.45) is 0. The van der Waals surface area contributed by atoms with Crippen LogP contribution in [0.4, 0.5) is 5.13 Å². The van der Waals surface area contributed by atoms with Crippen molar-refractivity contribution in [3.8, 4) is 11.3 Å². The highest BCUT2D eigenvalue weighted by Gasteiger charge is 2.16. The molecule has 0 aliphatic carbocycles. The predicted molar refractivity (Wildman–Crippen MR) is 112 cm³/mol. The second-order valence-corrected chi connectivity index (χ2v) is 8.21. The van der Waals surface area contributed by atoms with E-state index in [-0.39, 0.29) is 12.0 Å². The number of anilines is 1. The van der Waals surface area contributed by atoms with Gasteiger partial charge in [-0.25, -0.2) is 9.78 Å². The number of aromatic nitrogens is 1. The average Bonchev–Trinajstić information content (AvgIpc) is 3.14. The first-order valence-corrected chi connectivity index (χ1v) is 9.79. The van der Waals surface area contributed by atoms with Crippen LogP contribution in [-0.4, -0.2) is 23.5 Å². The Morgan fingerprint density at radius 2 is 1.71 bits per heavy atom. The lowest BCUT2D eigenvalue weighted by Crippen LogP contribution is -2.21. The number of hydrogen-bond acceptors (Lipinski definition) is 5. The van der Waals surface area contributed by atoms with Gasteiger partial charge in [-0.15, -0.1) is 11.3 Å². The van der Waals surface area contributed by atoms with Gasteiger partial charge >= 0.3 is 5.97 Å². The van der Waals surface area contributed by atoms with E-state index in [9.17, 15) is 9.59 Å². The van der Waals surface area contributed by atoms with Crippen molar-refractivity contribution in [2.45, 2.75) is 26.2 Å². The van der Waals surface area contributed by atoms with Crippen LogP contribution < -0.4 is 5.32 Å². The second-order valence-electron chi connectivity index (χ2n) is 7.36. The van der Waals surface area contributed by atoms with Gasteiger partial charge in [-0.3, -0.25) is 10.1 Å². The monoisotopic (exact) mass is 394 g/mol. The molecule has 144 valence electrons. The summed E-state index contributed by atoms with van der Waals surface area (Å²) in [7, 11) is 0. The highest BCUT2D eigenvalue weighted by molar-refractivity contribution is 7.14. The van der Waals surface area contributed by atoms with Gasteiger partial charge in [0.15, 0.2) is 11.7 Å². The third-order valence-corrected chi connectivity index (χ3v) is 4.90. The number of benzene rings is 2. The number of amides is 1. The molecular formula is C22H22N2O3S. The van der Waals surface area contributed by atoms with E-state index in [2.05, 4.69) is 31.1 Å². The Bertz CT molecular complexity index is 957. The van der Waals surface area contributed by atoms with E-state index in [1.54, 1.807) is 12.1 Å². The molecular weight excluding hydrogens is 372 g/mol. The molecule has 0 fully saturated rings. The zero-order chi connectivity index (χ0) is 20.1. The fourth-order valence-corrected chi connectivity index (χ4v) is 3.28. The molecule has 5 nitrogen and oxygen atoms in total. The Labute approximate surface area is 168 Å². The van der Waals surface area contributed by atoms with Crippen molar-refractivity contribution < 1.29 is 14.3 Å². The van der Waals surface area contributed by atoms with Crippen LogP contribution in [0.1, 0.15) is 36.7 Å². The summed E-state index contributed by atoms with van der Waals surface area (Å²) >= 11 is 1.32. The van der Waals surface area contributed by atoms with E-state index >= 15 is 0 Å². The lowest BCUT2D eigenvalue weighted by molar-refractivity contribution is -0.119. The first-order valence-electron chi connectivity index (χ1n) is 8.91. The van der Waals surface area contributed by atoms with Crippen molar-refractivity contribution in [2.24, 2.45) is 0 Å². The topological polar surface area (TPSA) is 68.3 Å². The quantitative estimate of drug-likeness (QED) is 0.625. The molecule has 1 amide bonds. The summed E-state index contributed by atoms with van der Waals surface area (Å²) in [6, 6.07) is 16.9. The van der Waals surface area contributed by atoms with Crippen molar-refractivity contribution in [2.75, 3.05) is 11.9 Å². The molecule has 0 radical (unpaired) electrons. The molecule has 6 heteroatoms.